The lowest BCUT2D eigenvalue weighted by Gasteiger charge is -2.11. The van der Waals surface area contributed by atoms with Crippen molar-refractivity contribution >= 4 is 23.7 Å². The molecule has 2 rings (SSSR count). The summed E-state index contributed by atoms with van der Waals surface area (Å²) in [7, 11) is 0. The average molecular weight is 234 g/mol. The molecule has 1 aromatic heterocycles. The molecule has 0 radical (unpaired) electrons. The van der Waals surface area contributed by atoms with Crippen LogP contribution in [0.5, 0.6) is 0 Å². The Morgan fingerprint density at radius 2 is 2.12 bits per heavy atom. The lowest BCUT2D eigenvalue weighted by molar-refractivity contribution is 0.598. The zero-order valence-electron chi connectivity index (χ0n) is 10.1. The standard InChI is InChI=1S/C13H18N2S/c1-4-10-5-6-12-11(7-10)14-13(8-16)15(12)9(2)3/h5-7,9,16H,4,8H2,1-3H3. The largest absolute Gasteiger partial charge is 0.325 e. The van der Waals surface area contributed by atoms with Gasteiger partial charge in [0.15, 0.2) is 0 Å². The number of hydrogen-bond acceptors (Lipinski definition) is 2. The van der Waals surface area contributed by atoms with Crippen molar-refractivity contribution in [3.8, 4) is 0 Å². The third-order valence-electron chi connectivity index (χ3n) is 2.89. The van der Waals surface area contributed by atoms with Crippen LogP contribution in [-0.2, 0) is 12.2 Å². The quantitative estimate of drug-likeness (QED) is 0.803. The van der Waals surface area contributed by atoms with Crippen molar-refractivity contribution in [2.45, 2.75) is 39.0 Å². The minimum Gasteiger partial charge on any atom is -0.325 e. The minimum atomic E-state index is 0.430. The fourth-order valence-corrected chi connectivity index (χ4v) is 2.32. The molecule has 0 aliphatic rings. The van der Waals surface area contributed by atoms with Crippen LogP contribution >= 0.6 is 12.6 Å². The summed E-state index contributed by atoms with van der Waals surface area (Å²) in [5.74, 6) is 1.75. The smallest absolute Gasteiger partial charge is 0.119 e. The maximum Gasteiger partial charge on any atom is 0.119 e. The second-order valence-corrected chi connectivity index (χ2v) is 4.64. The summed E-state index contributed by atoms with van der Waals surface area (Å²) >= 11 is 4.35. The number of fused-ring (bicyclic) bond motifs is 1. The van der Waals surface area contributed by atoms with Gasteiger partial charge < -0.3 is 4.57 Å². The third kappa shape index (κ3) is 1.84. The number of imidazole rings is 1. The van der Waals surface area contributed by atoms with E-state index in [1.807, 2.05) is 0 Å². The van der Waals surface area contributed by atoms with Crippen LogP contribution in [0.4, 0.5) is 0 Å². The Hall–Kier alpha value is -0.960. The Kier molecular flexibility index (Phi) is 3.24. The van der Waals surface area contributed by atoms with Crippen LogP contribution in [0.1, 0.15) is 38.2 Å². The van der Waals surface area contributed by atoms with Gasteiger partial charge in [-0.2, -0.15) is 12.6 Å². The van der Waals surface area contributed by atoms with E-state index in [2.05, 4.69) is 61.2 Å². The molecular formula is C13H18N2S. The minimum absolute atomic E-state index is 0.430. The van der Waals surface area contributed by atoms with Gasteiger partial charge in [0.2, 0.25) is 0 Å². The molecule has 2 aromatic rings. The molecule has 0 aliphatic carbocycles. The Balaban J connectivity index is 2.67. The molecule has 16 heavy (non-hydrogen) atoms. The normalized spacial score (nSPS) is 11.6. The molecule has 0 bridgehead atoms. The van der Waals surface area contributed by atoms with Gasteiger partial charge in [-0.1, -0.05) is 13.0 Å². The van der Waals surface area contributed by atoms with Crippen LogP contribution in [0.3, 0.4) is 0 Å². The Morgan fingerprint density at radius 3 is 2.69 bits per heavy atom. The molecule has 0 N–H and O–H groups in total. The summed E-state index contributed by atoms with van der Waals surface area (Å²) in [5.41, 5.74) is 3.65. The molecule has 0 atom stereocenters. The van der Waals surface area contributed by atoms with E-state index in [1.165, 1.54) is 11.1 Å². The highest BCUT2D eigenvalue weighted by atomic mass is 32.1. The van der Waals surface area contributed by atoms with Crippen LogP contribution in [0.25, 0.3) is 11.0 Å². The third-order valence-corrected chi connectivity index (χ3v) is 3.18. The summed E-state index contributed by atoms with van der Waals surface area (Å²) in [6, 6.07) is 6.97. The lowest BCUT2D eigenvalue weighted by Crippen LogP contribution is -2.04. The van der Waals surface area contributed by atoms with Gasteiger partial charge in [-0.25, -0.2) is 4.98 Å². The molecule has 0 spiro atoms. The van der Waals surface area contributed by atoms with Crippen molar-refractivity contribution in [3.05, 3.63) is 29.6 Å². The van der Waals surface area contributed by atoms with Crippen LogP contribution in [0, 0.1) is 0 Å². The van der Waals surface area contributed by atoms with Crippen molar-refractivity contribution in [1.29, 1.82) is 0 Å². The van der Waals surface area contributed by atoms with E-state index in [-0.39, 0.29) is 0 Å². The first-order valence-electron chi connectivity index (χ1n) is 5.78. The first-order valence-corrected chi connectivity index (χ1v) is 6.41. The molecular weight excluding hydrogens is 216 g/mol. The summed E-state index contributed by atoms with van der Waals surface area (Å²) in [6.45, 7) is 6.53. The van der Waals surface area contributed by atoms with Crippen LogP contribution in [0.15, 0.2) is 18.2 Å². The summed E-state index contributed by atoms with van der Waals surface area (Å²) in [4.78, 5) is 4.65. The van der Waals surface area contributed by atoms with Crippen LogP contribution in [-0.4, -0.2) is 9.55 Å². The molecule has 0 saturated heterocycles. The highest BCUT2D eigenvalue weighted by molar-refractivity contribution is 7.79. The molecule has 2 nitrogen and oxygen atoms in total. The molecule has 3 heteroatoms. The molecule has 1 heterocycles. The van der Waals surface area contributed by atoms with Crippen molar-refractivity contribution in [2.24, 2.45) is 0 Å². The second-order valence-electron chi connectivity index (χ2n) is 4.33. The van der Waals surface area contributed by atoms with Gasteiger partial charge in [0, 0.05) is 11.8 Å². The summed E-state index contributed by atoms with van der Waals surface area (Å²) in [5, 5.41) is 0. The Bertz CT molecular complexity index is 500. The number of rotatable bonds is 3. The summed E-state index contributed by atoms with van der Waals surface area (Å²) in [6.07, 6.45) is 1.06. The lowest BCUT2D eigenvalue weighted by atomic mass is 10.1. The first kappa shape index (κ1) is 11.5. The van der Waals surface area contributed by atoms with Gasteiger partial charge in [0.25, 0.3) is 0 Å². The van der Waals surface area contributed by atoms with E-state index in [9.17, 15) is 0 Å². The van der Waals surface area contributed by atoms with E-state index in [0.717, 1.165) is 17.8 Å². The number of aromatic nitrogens is 2. The van der Waals surface area contributed by atoms with Gasteiger partial charge in [-0.05, 0) is 38.0 Å². The van der Waals surface area contributed by atoms with E-state index in [4.69, 9.17) is 0 Å². The van der Waals surface area contributed by atoms with Gasteiger partial charge in [0.05, 0.1) is 11.0 Å². The van der Waals surface area contributed by atoms with Gasteiger partial charge >= 0.3 is 0 Å². The van der Waals surface area contributed by atoms with E-state index >= 15 is 0 Å². The number of benzene rings is 1. The maximum atomic E-state index is 4.65. The monoisotopic (exact) mass is 234 g/mol. The van der Waals surface area contributed by atoms with Crippen LogP contribution < -0.4 is 0 Å². The van der Waals surface area contributed by atoms with Crippen molar-refractivity contribution in [2.75, 3.05) is 0 Å². The Morgan fingerprint density at radius 1 is 1.38 bits per heavy atom. The number of thiol groups is 1. The maximum absolute atomic E-state index is 4.65. The zero-order valence-corrected chi connectivity index (χ0v) is 11.0. The van der Waals surface area contributed by atoms with Crippen LogP contribution in [0.2, 0.25) is 0 Å². The van der Waals surface area contributed by atoms with E-state index < -0.39 is 0 Å². The molecule has 86 valence electrons. The fraction of sp³-hybridized carbons (Fsp3) is 0.462. The topological polar surface area (TPSA) is 17.8 Å². The highest BCUT2D eigenvalue weighted by Gasteiger charge is 2.11. The van der Waals surface area contributed by atoms with E-state index in [1.54, 1.807) is 0 Å². The van der Waals surface area contributed by atoms with Crippen molar-refractivity contribution < 1.29 is 0 Å². The predicted molar refractivity (Wildman–Crippen MR) is 72.2 cm³/mol. The zero-order chi connectivity index (χ0) is 11.7. The molecule has 0 aliphatic heterocycles. The highest BCUT2D eigenvalue weighted by Crippen LogP contribution is 2.23. The fourth-order valence-electron chi connectivity index (χ4n) is 2.10. The second kappa shape index (κ2) is 4.50. The number of aryl methyl sites for hydroxylation is 1. The molecule has 0 saturated carbocycles. The predicted octanol–water partition coefficient (Wildman–Crippen LogP) is 3.61. The summed E-state index contributed by atoms with van der Waals surface area (Å²) < 4.78 is 2.27. The van der Waals surface area contributed by atoms with Gasteiger partial charge in [-0.15, -0.1) is 0 Å². The first-order chi connectivity index (χ1) is 7.67. The average Bonchev–Trinajstić information content (AvgIpc) is 2.65. The van der Waals surface area contributed by atoms with Crippen molar-refractivity contribution in [3.63, 3.8) is 0 Å². The molecule has 0 unspecified atom stereocenters. The Labute approximate surface area is 102 Å². The van der Waals surface area contributed by atoms with Gasteiger partial charge in [0.1, 0.15) is 5.82 Å². The SMILES string of the molecule is CCc1ccc2c(c1)nc(CS)n2C(C)C. The number of hydrogen-bond donors (Lipinski definition) is 1. The molecule has 1 aromatic carbocycles. The number of nitrogens with zero attached hydrogens (tertiary/aromatic N) is 2. The molecule has 0 amide bonds. The van der Waals surface area contributed by atoms with Gasteiger partial charge in [-0.3, -0.25) is 0 Å². The molecule has 0 fully saturated rings. The van der Waals surface area contributed by atoms with Crippen molar-refractivity contribution in [1.82, 2.24) is 9.55 Å². The van der Waals surface area contributed by atoms with E-state index in [0.29, 0.717) is 11.8 Å².